The zero-order chi connectivity index (χ0) is 29.3. The molecule has 0 aromatic heterocycles. The number of carbonyl (C=O) groups excluding carboxylic acids is 2. The van der Waals surface area contributed by atoms with Crippen molar-refractivity contribution in [2.45, 2.75) is 58.7 Å². The number of amides is 2. The topological polar surface area (TPSA) is 86.8 Å². The minimum absolute atomic E-state index is 0.0805. The van der Waals surface area contributed by atoms with Gasteiger partial charge in [0.2, 0.25) is 21.8 Å². The maximum Gasteiger partial charge on any atom is 0.244 e. The molecule has 0 aliphatic rings. The minimum atomic E-state index is -3.81. The second-order valence-corrected chi connectivity index (χ2v) is 12.3. The molecule has 0 unspecified atom stereocenters. The molecule has 3 aromatic rings. The van der Waals surface area contributed by atoms with Gasteiger partial charge in [-0.05, 0) is 60.7 Å². The van der Waals surface area contributed by atoms with E-state index in [4.69, 9.17) is 11.6 Å². The number of hydrogen-bond donors (Lipinski definition) is 1. The molecule has 0 radical (unpaired) electrons. The Kier molecular flexibility index (Phi) is 11.2. The van der Waals surface area contributed by atoms with E-state index in [0.29, 0.717) is 10.7 Å². The molecule has 3 rings (SSSR count). The molecule has 0 saturated heterocycles. The number of rotatable bonds is 13. The average molecular weight is 584 g/mol. The van der Waals surface area contributed by atoms with Gasteiger partial charge in [0, 0.05) is 24.0 Å². The van der Waals surface area contributed by atoms with Crippen LogP contribution >= 0.6 is 11.6 Å². The molecule has 1 N–H and O–H groups in total. The highest BCUT2D eigenvalue weighted by molar-refractivity contribution is 7.92. The Morgan fingerprint density at radius 3 is 2.12 bits per heavy atom. The maximum atomic E-state index is 14.1. The van der Waals surface area contributed by atoms with Crippen molar-refractivity contribution < 1.29 is 18.0 Å². The summed E-state index contributed by atoms with van der Waals surface area (Å²) in [4.78, 5) is 29.2. The predicted octanol–water partition coefficient (Wildman–Crippen LogP) is 5.22. The second-order valence-electron chi connectivity index (χ2n) is 9.96. The van der Waals surface area contributed by atoms with Crippen LogP contribution in [0.1, 0.15) is 43.9 Å². The lowest BCUT2D eigenvalue weighted by Gasteiger charge is -2.34. The minimum Gasteiger partial charge on any atom is -0.352 e. The number of nitrogens with zero attached hydrogens (tertiary/aromatic N) is 2. The van der Waals surface area contributed by atoms with E-state index in [1.165, 1.54) is 4.90 Å². The summed E-state index contributed by atoms with van der Waals surface area (Å²) >= 11 is 6.25. The smallest absolute Gasteiger partial charge is 0.244 e. The summed E-state index contributed by atoms with van der Waals surface area (Å²) in [6.45, 7) is 5.52. The molecule has 40 heavy (non-hydrogen) atoms. The first-order chi connectivity index (χ1) is 19.0. The monoisotopic (exact) mass is 583 g/mol. The fraction of sp³-hybridized carbons (Fsp3) is 0.355. The van der Waals surface area contributed by atoms with E-state index in [-0.39, 0.29) is 24.9 Å². The van der Waals surface area contributed by atoms with E-state index < -0.39 is 28.5 Å². The van der Waals surface area contributed by atoms with Gasteiger partial charge in [0.15, 0.2) is 0 Å². The summed E-state index contributed by atoms with van der Waals surface area (Å²) in [7, 11) is -3.81. The summed E-state index contributed by atoms with van der Waals surface area (Å²) in [5.41, 5.74) is 3.05. The zero-order valence-corrected chi connectivity index (χ0v) is 25.1. The molecule has 214 valence electrons. The van der Waals surface area contributed by atoms with Gasteiger partial charge in [0.05, 0.1) is 11.9 Å². The van der Waals surface area contributed by atoms with Crippen molar-refractivity contribution in [3.05, 3.63) is 101 Å². The second kappa shape index (κ2) is 14.3. The number of benzene rings is 3. The van der Waals surface area contributed by atoms with E-state index in [1.807, 2.05) is 69.3 Å². The molecule has 2 amide bonds. The number of carbonyl (C=O) groups is 2. The predicted molar refractivity (Wildman–Crippen MR) is 162 cm³/mol. The molecular formula is C31H38ClN3O4S. The standard InChI is InChI=1S/C31H38ClN3O4S/c1-5-23(3)33-31(37)29(20-25-11-8-7-9-12-25)34(21-26-13-10-14-27(32)19-26)30(36)22-35(40(4,38)39)28-17-15-24(6-2)16-18-28/h7-19,23,29H,5-6,20-22H2,1-4H3,(H,33,37)/t23-,29-/m0/s1. The van der Waals surface area contributed by atoms with Crippen LogP contribution in [-0.2, 0) is 39.0 Å². The van der Waals surface area contributed by atoms with E-state index in [9.17, 15) is 18.0 Å². The average Bonchev–Trinajstić information content (AvgIpc) is 2.93. The Morgan fingerprint density at radius 1 is 0.900 bits per heavy atom. The van der Waals surface area contributed by atoms with Crippen molar-refractivity contribution in [3.63, 3.8) is 0 Å². The molecule has 0 saturated carbocycles. The van der Waals surface area contributed by atoms with Crippen molar-refractivity contribution >= 4 is 39.1 Å². The van der Waals surface area contributed by atoms with Crippen molar-refractivity contribution in [1.82, 2.24) is 10.2 Å². The highest BCUT2D eigenvalue weighted by atomic mass is 35.5. The Hall–Kier alpha value is -3.36. The molecule has 7 nitrogen and oxygen atoms in total. The first-order valence-electron chi connectivity index (χ1n) is 13.5. The normalized spacial score (nSPS) is 12.8. The Morgan fingerprint density at radius 2 is 1.55 bits per heavy atom. The fourth-order valence-electron chi connectivity index (χ4n) is 4.34. The molecule has 0 aliphatic carbocycles. The zero-order valence-electron chi connectivity index (χ0n) is 23.5. The molecule has 0 aliphatic heterocycles. The number of aryl methyl sites for hydroxylation is 1. The first-order valence-corrected chi connectivity index (χ1v) is 15.7. The van der Waals surface area contributed by atoms with Crippen LogP contribution in [0.5, 0.6) is 0 Å². The third-order valence-electron chi connectivity index (χ3n) is 6.83. The molecule has 0 bridgehead atoms. The van der Waals surface area contributed by atoms with Gasteiger partial charge in [-0.3, -0.25) is 13.9 Å². The van der Waals surface area contributed by atoms with Crippen LogP contribution in [0, 0.1) is 0 Å². The Labute approximate surface area is 243 Å². The van der Waals surface area contributed by atoms with E-state index >= 15 is 0 Å². The molecule has 2 atom stereocenters. The van der Waals surface area contributed by atoms with Crippen LogP contribution in [0.2, 0.25) is 5.02 Å². The third kappa shape index (κ3) is 8.83. The van der Waals surface area contributed by atoms with Crippen molar-refractivity contribution in [2.75, 3.05) is 17.1 Å². The summed E-state index contributed by atoms with van der Waals surface area (Å²) < 4.78 is 26.9. The third-order valence-corrected chi connectivity index (χ3v) is 8.20. The summed E-state index contributed by atoms with van der Waals surface area (Å²) in [6.07, 6.45) is 2.87. The summed E-state index contributed by atoms with van der Waals surface area (Å²) in [5, 5.41) is 3.52. The number of halogens is 1. The largest absolute Gasteiger partial charge is 0.352 e. The molecule has 0 heterocycles. The lowest BCUT2D eigenvalue weighted by atomic mass is 10.0. The van der Waals surface area contributed by atoms with Crippen LogP contribution in [-0.4, -0.2) is 50.0 Å². The van der Waals surface area contributed by atoms with Crippen LogP contribution in [0.15, 0.2) is 78.9 Å². The van der Waals surface area contributed by atoms with Gasteiger partial charge < -0.3 is 10.2 Å². The van der Waals surface area contributed by atoms with Gasteiger partial charge in [0.25, 0.3) is 0 Å². The molecule has 3 aromatic carbocycles. The highest BCUT2D eigenvalue weighted by Gasteiger charge is 2.33. The van der Waals surface area contributed by atoms with Crippen LogP contribution in [0.4, 0.5) is 5.69 Å². The molecular weight excluding hydrogens is 546 g/mol. The number of hydrogen-bond acceptors (Lipinski definition) is 4. The van der Waals surface area contributed by atoms with Crippen molar-refractivity contribution in [1.29, 1.82) is 0 Å². The van der Waals surface area contributed by atoms with Crippen LogP contribution in [0.3, 0.4) is 0 Å². The van der Waals surface area contributed by atoms with Gasteiger partial charge in [-0.25, -0.2) is 8.42 Å². The number of anilines is 1. The van der Waals surface area contributed by atoms with Crippen molar-refractivity contribution in [2.24, 2.45) is 0 Å². The molecule has 9 heteroatoms. The first kappa shape index (κ1) is 31.2. The number of nitrogens with one attached hydrogen (secondary N) is 1. The van der Waals surface area contributed by atoms with Gasteiger partial charge in [0.1, 0.15) is 12.6 Å². The quantitative estimate of drug-likeness (QED) is 0.299. The highest BCUT2D eigenvalue weighted by Crippen LogP contribution is 2.22. The van der Waals surface area contributed by atoms with E-state index in [2.05, 4.69) is 5.32 Å². The molecule has 0 fully saturated rings. The lowest BCUT2D eigenvalue weighted by molar-refractivity contribution is -0.140. The van der Waals surface area contributed by atoms with Gasteiger partial charge in [-0.2, -0.15) is 0 Å². The van der Waals surface area contributed by atoms with E-state index in [0.717, 1.165) is 40.1 Å². The summed E-state index contributed by atoms with van der Waals surface area (Å²) in [5.74, 6) is -0.794. The summed E-state index contributed by atoms with van der Waals surface area (Å²) in [6, 6.07) is 22.7. The van der Waals surface area contributed by atoms with Crippen LogP contribution in [0.25, 0.3) is 0 Å². The lowest BCUT2D eigenvalue weighted by Crippen LogP contribution is -2.54. The van der Waals surface area contributed by atoms with Gasteiger partial charge in [-0.15, -0.1) is 0 Å². The fourth-order valence-corrected chi connectivity index (χ4v) is 5.40. The Bertz CT molecular complexity index is 1380. The van der Waals surface area contributed by atoms with Crippen molar-refractivity contribution in [3.8, 4) is 0 Å². The molecule has 0 spiro atoms. The van der Waals surface area contributed by atoms with Gasteiger partial charge >= 0.3 is 0 Å². The van der Waals surface area contributed by atoms with Crippen LogP contribution < -0.4 is 9.62 Å². The van der Waals surface area contributed by atoms with E-state index in [1.54, 1.807) is 30.3 Å². The van der Waals surface area contributed by atoms with Gasteiger partial charge in [-0.1, -0.05) is 80.0 Å². The number of sulfonamides is 1. The maximum absolute atomic E-state index is 14.1. The Balaban J connectivity index is 2.05. The SMILES string of the molecule is CCc1ccc(N(CC(=O)N(Cc2cccc(Cl)c2)[C@@H](Cc2ccccc2)C(=O)N[C@@H](C)CC)S(C)(=O)=O)cc1.